The first kappa shape index (κ1) is 16.5. The van der Waals surface area contributed by atoms with Crippen molar-refractivity contribution >= 4 is 41.6 Å². The summed E-state index contributed by atoms with van der Waals surface area (Å²) in [7, 11) is 1.42. The maximum Gasteiger partial charge on any atom is 0.262 e. The Labute approximate surface area is 126 Å². The second kappa shape index (κ2) is 6.24. The quantitative estimate of drug-likeness (QED) is 0.830. The number of carbonyl (C=O) groups excluding carboxylic acids is 1. The summed E-state index contributed by atoms with van der Waals surface area (Å²) in [5, 5.41) is 2.80. The van der Waals surface area contributed by atoms with Gasteiger partial charge in [-0.25, -0.2) is 8.42 Å². The summed E-state index contributed by atoms with van der Waals surface area (Å²) >= 11 is 3.09. The minimum atomic E-state index is -3.89. The Balaban J connectivity index is 3.07. The van der Waals surface area contributed by atoms with Crippen LogP contribution in [0.4, 0.5) is 0 Å². The summed E-state index contributed by atoms with van der Waals surface area (Å²) < 4.78 is 23.1. The number of halogens is 2. The Morgan fingerprint density at radius 1 is 1.32 bits per heavy atom. The molecule has 0 bridgehead atoms. The van der Waals surface area contributed by atoms with Crippen LogP contribution in [0.2, 0.25) is 0 Å². The maximum absolute atomic E-state index is 12.0. The van der Waals surface area contributed by atoms with Gasteiger partial charge in [-0.15, -0.1) is 0 Å². The number of hydrogen-bond donors (Lipinski definition) is 1. The summed E-state index contributed by atoms with van der Waals surface area (Å²) in [6.45, 7) is 5.86. The van der Waals surface area contributed by atoms with Crippen LogP contribution >= 0.6 is 26.6 Å². The summed E-state index contributed by atoms with van der Waals surface area (Å²) in [6.07, 6.45) is 0. The molecule has 19 heavy (non-hydrogen) atoms. The van der Waals surface area contributed by atoms with Crippen molar-refractivity contribution in [2.75, 3.05) is 0 Å². The largest absolute Gasteiger partial charge is 0.349 e. The molecule has 1 rings (SSSR count). The molecule has 0 saturated carbocycles. The molecule has 0 aliphatic heterocycles. The second-order valence-electron chi connectivity index (χ2n) is 4.59. The molecule has 1 amide bonds. The van der Waals surface area contributed by atoms with Crippen molar-refractivity contribution < 1.29 is 13.2 Å². The van der Waals surface area contributed by atoms with Crippen LogP contribution in [0.25, 0.3) is 0 Å². The van der Waals surface area contributed by atoms with Crippen molar-refractivity contribution in [2.45, 2.75) is 31.7 Å². The Morgan fingerprint density at radius 2 is 1.89 bits per heavy atom. The predicted octanol–water partition coefficient (Wildman–Crippen LogP) is 3.15. The van der Waals surface area contributed by atoms with Crippen molar-refractivity contribution in [3.8, 4) is 0 Å². The van der Waals surface area contributed by atoms with E-state index in [2.05, 4.69) is 21.2 Å². The average molecular weight is 369 g/mol. The summed E-state index contributed by atoms with van der Waals surface area (Å²) in [5.74, 6) is -0.0362. The zero-order valence-corrected chi connectivity index (χ0v) is 13.9. The Hall–Kier alpha value is -0.590. The third kappa shape index (κ3) is 4.47. The van der Waals surface area contributed by atoms with Gasteiger partial charge in [0.05, 0.1) is 4.90 Å². The molecule has 0 aliphatic carbocycles. The number of nitrogens with one attached hydrogen (secondary N) is 1. The topological polar surface area (TPSA) is 63.2 Å². The van der Waals surface area contributed by atoms with Gasteiger partial charge >= 0.3 is 0 Å². The van der Waals surface area contributed by atoms with Gasteiger partial charge < -0.3 is 5.32 Å². The maximum atomic E-state index is 12.0. The van der Waals surface area contributed by atoms with Crippen LogP contribution in [-0.4, -0.2) is 20.4 Å². The van der Waals surface area contributed by atoms with Gasteiger partial charge in [0.1, 0.15) is 0 Å². The van der Waals surface area contributed by atoms with E-state index in [4.69, 9.17) is 10.7 Å². The summed E-state index contributed by atoms with van der Waals surface area (Å²) in [5.41, 5.74) is 0.259. The molecule has 0 saturated heterocycles. The monoisotopic (exact) mass is 367 g/mol. The summed E-state index contributed by atoms with van der Waals surface area (Å²) in [4.78, 5) is 11.9. The van der Waals surface area contributed by atoms with E-state index in [-0.39, 0.29) is 28.3 Å². The third-order valence-corrected chi connectivity index (χ3v) is 5.13. The van der Waals surface area contributed by atoms with Crippen LogP contribution in [0.5, 0.6) is 0 Å². The molecular weight excluding hydrogens is 354 g/mol. The first-order valence-electron chi connectivity index (χ1n) is 5.68. The van der Waals surface area contributed by atoms with E-state index in [1.54, 1.807) is 0 Å². The molecular formula is C12H15BrClNO3S. The lowest BCUT2D eigenvalue weighted by molar-refractivity contribution is 0.0930. The predicted molar refractivity (Wildman–Crippen MR) is 78.9 cm³/mol. The van der Waals surface area contributed by atoms with Gasteiger partial charge in [0.25, 0.3) is 15.0 Å². The zero-order valence-electron chi connectivity index (χ0n) is 10.8. The van der Waals surface area contributed by atoms with E-state index in [0.29, 0.717) is 4.47 Å². The molecule has 0 spiro atoms. The number of rotatable bonds is 4. The third-order valence-electron chi connectivity index (χ3n) is 2.81. The van der Waals surface area contributed by atoms with Crippen molar-refractivity contribution in [3.05, 3.63) is 28.2 Å². The van der Waals surface area contributed by atoms with Crippen LogP contribution in [0.3, 0.4) is 0 Å². The minimum Gasteiger partial charge on any atom is -0.349 e. The van der Waals surface area contributed by atoms with Gasteiger partial charge in [-0.3, -0.25) is 4.79 Å². The first-order valence-corrected chi connectivity index (χ1v) is 8.78. The highest BCUT2D eigenvalue weighted by Gasteiger charge is 2.18. The highest BCUT2D eigenvalue weighted by molar-refractivity contribution is 9.10. The van der Waals surface area contributed by atoms with Crippen molar-refractivity contribution in [3.63, 3.8) is 0 Å². The SMILES string of the molecule is CC(C)C(C)NC(=O)c1ccc(Br)c(S(=O)(=O)Cl)c1. The van der Waals surface area contributed by atoms with E-state index in [1.165, 1.54) is 18.2 Å². The van der Waals surface area contributed by atoms with Gasteiger partial charge in [0.2, 0.25) is 0 Å². The average Bonchev–Trinajstić information content (AvgIpc) is 2.27. The first-order chi connectivity index (χ1) is 8.62. The molecule has 0 fully saturated rings. The van der Waals surface area contributed by atoms with E-state index in [0.717, 1.165) is 0 Å². The molecule has 0 heterocycles. The fourth-order valence-corrected chi connectivity index (χ4v) is 3.41. The van der Waals surface area contributed by atoms with E-state index < -0.39 is 9.05 Å². The van der Waals surface area contributed by atoms with Gasteiger partial charge in [-0.05, 0) is 47.0 Å². The van der Waals surface area contributed by atoms with Crippen molar-refractivity contribution in [1.82, 2.24) is 5.32 Å². The minimum absolute atomic E-state index is 0.00722. The molecule has 106 valence electrons. The second-order valence-corrected chi connectivity index (χ2v) is 7.98. The number of hydrogen-bond acceptors (Lipinski definition) is 3. The standard InChI is InChI=1S/C12H15BrClNO3S/c1-7(2)8(3)15-12(16)9-4-5-10(13)11(6-9)19(14,17)18/h4-8H,1-3H3,(H,15,16). The van der Waals surface area contributed by atoms with Gasteiger partial charge in [0, 0.05) is 26.8 Å². The summed E-state index contributed by atoms with van der Waals surface area (Å²) in [6, 6.07) is 4.28. The van der Waals surface area contributed by atoms with Crippen molar-refractivity contribution in [2.24, 2.45) is 5.92 Å². The lowest BCUT2D eigenvalue weighted by atomic mass is 10.1. The highest BCUT2D eigenvalue weighted by atomic mass is 79.9. The Morgan fingerprint density at radius 3 is 2.37 bits per heavy atom. The lowest BCUT2D eigenvalue weighted by Crippen LogP contribution is -2.36. The van der Waals surface area contributed by atoms with Crippen LogP contribution in [0.15, 0.2) is 27.6 Å². The lowest BCUT2D eigenvalue weighted by Gasteiger charge is -2.17. The molecule has 1 aromatic rings. The smallest absolute Gasteiger partial charge is 0.262 e. The van der Waals surface area contributed by atoms with E-state index in [9.17, 15) is 13.2 Å². The molecule has 1 unspecified atom stereocenters. The normalized spacial score (nSPS) is 13.4. The zero-order chi connectivity index (χ0) is 14.8. The van der Waals surface area contributed by atoms with Crippen LogP contribution in [-0.2, 0) is 9.05 Å². The molecule has 0 radical (unpaired) electrons. The van der Waals surface area contributed by atoms with Gasteiger partial charge in [0.15, 0.2) is 0 Å². The molecule has 1 aromatic carbocycles. The highest BCUT2D eigenvalue weighted by Crippen LogP contribution is 2.26. The molecule has 1 N–H and O–H groups in total. The molecule has 7 heteroatoms. The fraction of sp³-hybridized carbons (Fsp3) is 0.417. The fourth-order valence-electron chi connectivity index (χ4n) is 1.29. The molecule has 1 atom stereocenters. The van der Waals surface area contributed by atoms with Crippen LogP contribution in [0, 0.1) is 5.92 Å². The number of benzene rings is 1. The van der Waals surface area contributed by atoms with Crippen LogP contribution < -0.4 is 5.32 Å². The molecule has 4 nitrogen and oxygen atoms in total. The number of amides is 1. The van der Waals surface area contributed by atoms with Gasteiger partial charge in [-0.2, -0.15) is 0 Å². The van der Waals surface area contributed by atoms with Gasteiger partial charge in [-0.1, -0.05) is 13.8 Å². The van der Waals surface area contributed by atoms with E-state index >= 15 is 0 Å². The Kier molecular flexibility index (Phi) is 5.41. The molecule has 0 aromatic heterocycles. The van der Waals surface area contributed by atoms with Crippen LogP contribution in [0.1, 0.15) is 31.1 Å². The van der Waals surface area contributed by atoms with E-state index in [1.807, 2.05) is 20.8 Å². The van der Waals surface area contributed by atoms with Crippen molar-refractivity contribution in [1.29, 1.82) is 0 Å². The number of carbonyl (C=O) groups is 1. The Bertz CT molecular complexity index is 587. The molecule has 0 aliphatic rings.